The topological polar surface area (TPSA) is 42.1 Å². The van der Waals surface area contributed by atoms with Gasteiger partial charge < -0.3 is 9.72 Å². The monoisotopic (exact) mass is 223 g/mol. The van der Waals surface area contributed by atoms with Crippen LogP contribution in [-0.2, 0) is 4.74 Å². The first kappa shape index (κ1) is 10.1. The summed E-state index contributed by atoms with van der Waals surface area (Å²) < 4.78 is 4.70. The molecule has 2 aromatic rings. The smallest absolute Gasteiger partial charge is 0.340 e. The molecule has 1 aromatic carbocycles. The maximum atomic E-state index is 11.5. The zero-order valence-corrected chi connectivity index (χ0v) is 9.18. The number of ether oxygens (including phenoxy) is 1. The van der Waals surface area contributed by atoms with E-state index >= 15 is 0 Å². The fourth-order valence-electron chi connectivity index (χ4n) is 1.63. The molecular weight excluding hydrogens is 214 g/mol. The van der Waals surface area contributed by atoms with Crippen molar-refractivity contribution in [3.8, 4) is 0 Å². The van der Waals surface area contributed by atoms with Crippen LogP contribution in [0.5, 0.6) is 0 Å². The number of carbonyl (C=O) groups is 1. The number of hydrogen-bond acceptors (Lipinski definition) is 2. The average molecular weight is 224 g/mol. The maximum Gasteiger partial charge on any atom is 0.340 e. The molecule has 2 rings (SSSR count). The number of aromatic nitrogens is 1. The van der Waals surface area contributed by atoms with Crippen molar-refractivity contribution >= 4 is 28.5 Å². The molecule has 0 radical (unpaired) electrons. The van der Waals surface area contributed by atoms with Gasteiger partial charge >= 0.3 is 5.97 Å². The molecule has 15 heavy (non-hydrogen) atoms. The molecule has 0 saturated heterocycles. The molecule has 1 N–H and O–H groups in total. The minimum Gasteiger partial charge on any atom is -0.465 e. The lowest BCUT2D eigenvalue weighted by Gasteiger charge is -2.03. The van der Waals surface area contributed by atoms with E-state index in [0.717, 1.165) is 16.6 Å². The number of halogens is 1. The molecule has 3 nitrogen and oxygen atoms in total. The molecule has 0 atom stereocenters. The Morgan fingerprint density at radius 3 is 2.87 bits per heavy atom. The van der Waals surface area contributed by atoms with Crippen LogP contribution in [-0.4, -0.2) is 18.1 Å². The van der Waals surface area contributed by atoms with E-state index in [0.29, 0.717) is 10.6 Å². The van der Waals surface area contributed by atoms with E-state index in [4.69, 9.17) is 16.3 Å². The van der Waals surface area contributed by atoms with Gasteiger partial charge in [-0.05, 0) is 25.1 Å². The van der Waals surface area contributed by atoms with E-state index in [9.17, 15) is 4.79 Å². The summed E-state index contributed by atoms with van der Waals surface area (Å²) in [4.78, 5) is 14.7. The Kier molecular flexibility index (Phi) is 2.40. The lowest BCUT2D eigenvalue weighted by atomic mass is 10.1. The second kappa shape index (κ2) is 3.59. The third kappa shape index (κ3) is 1.59. The van der Waals surface area contributed by atoms with E-state index in [1.807, 2.05) is 19.1 Å². The largest absolute Gasteiger partial charge is 0.465 e. The van der Waals surface area contributed by atoms with Crippen molar-refractivity contribution in [3.05, 3.63) is 34.5 Å². The Morgan fingerprint density at radius 2 is 2.20 bits per heavy atom. The predicted octanol–water partition coefficient (Wildman–Crippen LogP) is 2.92. The van der Waals surface area contributed by atoms with Gasteiger partial charge in [0.25, 0.3) is 0 Å². The third-order valence-corrected chi connectivity index (χ3v) is 2.59. The van der Waals surface area contributed by atoms with Crippen molar-refractivity contribution in [2.24, 2.45) is 0 Å². The Labute approximate surface area is 92.0 Å². The third-order valence-electron chi connectivity index (χ3n) is 2.28. The number of benzene rings is 1. The first-order chi connectivity index (χ1) is 7.13. The number of rotatable bonds is 1. The summed E-state index contributed by atoms with van der Waals surface area (Å²) >= 11 is 5.97. The normalized spacial score (nSPS) is 10.6. The standard InChI is InChI=1S/C11H10ClNO2/c1-6-5-7-9(13-6)4-3-8(12)10(7)11(14)15-2/h3-5,13H,1-2H3. The minimum absolute atomic E-state index is 0.411. The van der Waals surface area contributed by atoms with E-state index in [-0.39, 0.29) is 0 Å². The number of aromatic amines is 1. The summed E-state index contributed by atoms with van der Waals surface area (Å²) in [5, 5.41) is 1.21. The van der Waals surface area contributed by atoms with Crippen LogP contribution in [0.15, 0.2) is 18.2 Å². The van der Waals surface area contributed by atoms with Gasteiger partial charge in [0.05, 0.1) is 17.7 Å². The van der Waals surface area contributed by atoms with E-state index in [1.54, 1.807) is 6.07 Å². The molecule has 0 saturated carbocycles. The molecule has 1 aromatic heterocycles. The van der Waals surface area contributed by atoms with Gasteiger partial charge in [-0.3, -0.25) is 0 Å². The van der Waals surface area contributed by atoms with Gasteiger partial charge in [0.15, 0.2) is 0 Å². The minimum atomic E-state index is -0.412. The molecule has 0 bridgehead atoms. The zero-order chi connectivity index (χ0) is 11.0. The van der Waals surface area contributed by atoms with Crippen LogP contribution in [0.4, 0.5) is 0 Å². The molecular formula is C11H10ClNO2. The summed E-state index contributed by atoms with van der Waals surface area (Å²) in [6.07, 6.45) is 0. The second-order valence-corrected chi connectivity index (χ2v) is 3.73. The number of aryl methyl sites for hydroxylation is 1. The molecule has 0 aliphatic rings. The van der Waals surface area contributed by atoms with Crippen molar-refractivity contribution < 1.29 is 9.53 Å². The van der Waals surface area contributed by atoms with Gasteiger partial charge in [0, 0.05) is 16.6 Å². The van der Waals surface area contributed by atoms with Gasteiger partial charge in [0.2, 0.25) is 0 Å². The first-order valence-electron chi connectivity index (χ1n) is 4.49. The predicted molar refractivity (Wildman–Crippen MR) is 59.4 cm³/mol. The molecule has 0 aliphatic carbocycles. The fraction of sp³-hybridized carbons (Fsp3) is 0.182. The Morgan fingerprint density at radius 1 is 1.47 bits per heavy atom. The summed E-state index contributed by atoms with van der Waals surface area (Å²) in [6, 6.07) is 5.41. The molecule has 1 heterocycles. The van der Waals surface area contributed by atoms with Gasteiger partial charge in [-0.15, -0.1) is 0 Å². The molecule has 0 unspecified atom stereocenters. The number of esters is 1. The zero-order valence-electron chi connectivity index (χ0n) is 8.43. The van der Waals surface area contributed by atoms with Crippen molar-refractivity contribution in [3.63, 3.8) is 0 Å². The van der Waals surface area contributed by atoms with Gasteiger partial charge in [-0.25, -0.2) is 4.79 Å². The van der Waals surface area contributed by atoms with Crippen LogP contribution in [0.2, 0.25) is 5.02 Å². The van der Waals surface area contributed by atoms with Crippen LogP contribution in [0.25, 0.3) is 10.9 Å². The Hall–Kier alpha value is -1.48. The molecule has 0 aliphatic heterocycles. The molecule has 4 heteroatoms. The number of hydrogen-bond donors (Lipinski definition) is 1. The number of nitrogens with one attached hydrogen (secondary N) is 1. The average Bonchev–Trinajstić information content (AvgIpc) is 2.57. The summed E-state index contributed by atoms with van der Waals surface area (Å²) in [7, 11) is 1.34. The maximum absolute atomic E-state index is 11.5. The Bertz CT molecular complexity index is 531. The molecule has 78 valence electrons. The van der Waals surface area contributed by atoms with Gasteiger partial charge in [0.1, 0.15) is 0 Å². The second-order valence-electron chi connectivity index (χ2n) is 3.33. The van der Waals surface area contributed by atoms with E-state index < -0.39 is 5.97 Å². The Balaban J connectivity index is 2.78. The van der Waals surface area contributed by atoms with Crippen LogP contribution in [0, 0.1) is 6.92 Å². The van der Waals surface area contributed by atoms with Crippen LogP contribution in [0.1, 0.15) is 16.1 Å². The van der Waals surface area contributed by atoms with E-state index in [1.165, 1.54) is 7.11 Å². The highest BCUT2D eigenvalue weighted by atomic mass is 35.5. The van der Waals surface area contributed by atoms with Crippen molar-refractivity contribution in [1.29, 1.82) is 0 Å². The first-order valence-corrected chi connectivity index (χ1v) is 4.87. The van der Waals surface area contributed by atoms with Crippen LogP contribution >= 0.6 is 11.6 Å². The number of carbonyl (C=O) groups excluding carboxylic acids is 1. The SMILES string of the molecule is COC(=O)c1c(Cl)ccc2[nH]c(C)cc12. The van der Waals surface area contributed by atoms with Crippen LogP contribution < -0.4 is 0 Å². The number of H-pyrrole nitrogens is 1. The quantitative estimate of drug-likeness (QED) is 0.756. The van der Waals surface area contributed by atoms with Crippen LogP contribution in [0.3, 0.4) is 0 Å². The number of methoxy groups -OCH3 is 1. The summed E-state index contributed by atoms with van der Waals surface area (Å²) in [5.74, 6) is -0.412. The summed E-state index contributed by atoms with van der Waals surface area (Å²) in [5.41, 5.74) is 2.29. The highest BCUT2D eigenvalue weighted by Gasteiger charge is 2.15. The van der Waals surface area contributed by atoms with Crippen molar-refractivity contribution in [2.45, 2.75) is 6.92 Å². The lowest BCUT2D eigenvalue weighted by Crippen LogP contribution is -2.02. The summed E-state index contributed by atoms with van der Waals surface area (Å²) in [6.45, 7) is 1.93. The lowest BCUT2D eigenvalue weighted by molar-refractivity contribution is 0.0603. The van der Waals surface area contributed by atoms with Crippen molar-refractivity contribution in [2.75, 3.05) is 7.11 Å². The van der Waals surface area contributed by atoms with Gasteiger partial charge in [-0.1, -0.05) is 11.6 Å². The molecule has 0 amide bonds. The highest BCUT2D eigenvalue weighted by molar-refractivity contribution is 6.35. The van der Waals surface area contributed by atoms with Crippen molar-refractivity contribution in [1.82, 2.24) is 4.98 Å². The number of fused-ring (bicyclic) bond motifs is 1. The molecule has 0 spiro atoms. The van der Waals surface area contributed by atoms with E-state index in [2.05, 4.69) is 4.98 Å². The fourth-order valence-corrected chi connectivity index (χ4v) is 1.87. The molecule has 0 fully saturated rings. The highest BCUT2D eigenvalue weighted by Crippen LogP contribution is 2.27. The van der Waals surface area contributed by atoms with Gasteiger partial charge in [-0.2, -0.15) is 0 Å².